The van der Waals surface area contributed by atoms with Crippen molar-refractivity contribution < 1.29 is 0 Å². The Morgan fingerprint density at radius 3 is 2.50 bits per heavy atom. The van der Waals surface area contributed by atoms with Crippen molar-refractivity contribution in [2.75, 3.05) is 11.9 Å². The first-order valence-corrected chi connectivity index (χ1v) is 6.38. The first kappa shape index (κ1) is 13.1. The first-order valence-electron chi connectivity index (χ1n) is 5.63. The molecule has 2 rings (SSSR count). The van der Waals surface area contributed by atoms with Crippen molar-refractivity contribution in [3.05, 3.63) is 51.9 Å². The van der Waals surface area contributed by atoms with E-state index in [-0.39, 0.29) is 5.28 Å². The zero-order chi connectivity index (χ0) is 13.0. The highest BCUT2D eigenvalue weighted by atomic mass is 35.5. The van der Waals surface area contributed by atoms with E-state index in [1.165, 1.54) is 5.56 Å². The van der Waals surface area contributed by atoms with Gasteiger partial charge in [0, 0.05) is 23.3 Å². The van der Waals surface area contributed by atoms with Crippen LogP contribution < -0.4 is 5.32 Å². The molecule has 5 heteroatoms. The van der Waals surface area contributed by atoms with Crippen LogP contribution in [-0.2, 0) is 6.42 Å². The highest BCUT2D eigenvalue weighted by molar-refractivity contribution is 6.30. The van der Waals surface area contributed by atoms with Gasteiger partial charge < -0.3 is 5.32 Å². The van der Waals surface area contributed by atoms with Crippen LogP contribution in [0.1, 0.15) is 11.3 Å². The highest BCUT2D eigenvalue weighted by Gasteiger charge is 1.99. The number of hydrogen-bond acceptors (Lipinski definition) is 3. The van der Waals surface area contributed by atoms with Gasteiger partial charge >= 0.3 is 0 Å². The number of aryl methyl sites for hydroxylation is 1. The summed E-state index contributed by atoms with van der Waals surface area (Å²) in [4.78, 5) is 8.11. The first-order chi connectivity index (χ1) is 8.63. The van der Waals surface area contributed by atoms with E-state index in [0.29, 0.717) is 0 Å². The van der Waals surface area contributed by atoms with Crippen molar-refractivity contribution in [2.45, 2.75) is 13.3 Å². The lowest BCUT2D eigenvalue weighted by molar-refractivity contribution is 0.993. The molecular formula is C13H13Cl2N3. The molecule has 1 N–H and O–H groups in total. The number of benzene rings is 1. The molecule has 0 aliphatic heterocycles. The van der Waals surface area contributed by atoms with E-state index in [0.717, 1.165) is 29.5 Å². The van der Waals surface area contributed by atoms with Gasteiger partial charge in [-0.3, -0.25) is 0 Å². The maximum atomic E-state index is 5.83. The summed E-state index contributed by atoms with van der Waals surface area (Å²) < 4.78 is 0. The second kappa shape index (κ2) is 6.03. The van der Waals surface area contributed by atoms with Gasteiger partial charge in [-0.25, -0.2) is 9.97 Å². The Balaban J connectivity index is 1.90. The fourth-order valence-corrected chi connectivity index (χ4v) is 1.96. The lowest BCUT2D eigenvalue weighted by Gasteiger charge is -2.06. The molecule has 0 spiro atoms. The zero-order valence-electron chi connectivity index (χ0n) is 9.95. The zero-order valence-corrected chi connectivity index (χ0v) is 11.5. The van der Waals surface area contributed by atoms with E-state index < -0.39 is 0 Å². The Bertz CT molecular complexity index is 506. The Hall–Kier alpha value is -1.32. The van der Waals surface area contributed by atoms with Crippen LogP contribution in [0.4, 0.5) is 5.82 Å². The third-order valence-corrected chi connectivity index (χ3v) is 2.88. The molecule has 1 aromatic heterocycles. The predicted molar refractivity (Wildman–Crippen MR) is 75.4 cm³/mol. The topological polar surface area (TPSA) is 37.8 Å². The van der Waals surface area contributed by atoms with Gasteiger partial charge in [-0.15, -0.1) is 0 Å². The van der Waals surface area contributed by atoms with Gasteiger partial charge in [0.05, 0.1) is 0 Å². The molecule has 0 bridgehead atoms. The summed E-state index contributed by atoms with van der Waals surface area (Å²) in [5.41, 5.74) is 2.08. The summed E-state index contributed by atoms with van der Waals surface area (Å²) in [5, 5.41) is 4.24. The minimum absolute atomic E-state index is 0.268. The summed E-state index contributed by atoms with van der Waals surface area (Å²) in [6, 6.07) is 9.68. The molecular weight excluding hydrogens is 269 g/mol. The molecule has 1 aromatic carbocycles. The molecule has 18 heavy (non-hydrogen) atoms. The van der Waals surface area contributed by atoms with Gasteiger partial charge in [-0.2, -0.15) is 0 Å². The molecule has 2 aromatic rings. The second-order valence-corrected chi connectivity index (χ2v) is 4.74. The summed E-state index contributed by atoms with van der Waals surface area (Å²) in [6.45, 7) is 2.67. The maximum Gasteiger partial charge on any atom is 0.224 e. The quantitative estimate of drug-likeness (QED) is 0.868. The molecule has 0 aliphatic carbocycles. The molecule has 0 aliphatic rings. The number of nitrogens with zero attached hydrogens (tertiary/aromatic N) is 2. The van der Waals surface area contributed by atoms with E-state index in [1.807, 2.05) is 37.3 Å². The lowest BCUT2D eigenvalue weighted by Crippen LogP contribution is -2.07. The van der Waals surface area contributed by atoms with Crippen LogP contribution in [0.25, 0.3) is 0 Å². The van der Waals surface area contributed by atoms with Gasteiger partial charge in [-0.1, -0.05) is 23.7 Å². The van der Waals surface area contributed by atoms with Crippen LogP contribution in [0.5, 0.6) is 0 Å². The Kier molecular flexibility index (Phi) is 4.39. The van der Waals surface area contributed by atoms with Gasteiger partial charge in [-0.05, 0) is 42.6 Å². The van der Waals surface area contributed by atoms with Crippen molar-refractivity contribution in [2.24, 2.45) is 0 Å². The van der Waals surface area contributed by atoms with E-state index in [4.69, 9.17) is 23.2 Å². The van der Waals surface area contributed by atoms with Gasteiger partial charge in [0.15, 0.2) is 0 Å². The smallest absolute Gasteiger partial charge is 0.224 e. The molecule has 0 radical (unpaired) electrons. The van der Waals surface area contributed by atoms with Crippen molar-refractivity contribution >= 4 is 29.0 Å². The van der Waals surface area contributed by atoms with Crippen molar-refractivity contribution in [1.82, 2.24) is 9.97 Å². The third kappa shape index (κ3) is 3.86. The van der Waals surface area contributed by atoms with Crippen LogP contribution in [0, 0.1) is 6.92 Å². The normalized spacial score (nSPS) is 10.4. The number of anilines is 1. The fourth-order valence-electron chi connectivity index (χ4n) is 1.61. The van der Waals surface area contributed by atoms with Crippen LogP contribution >= 0.6 is 23.2 Å². The van der Waals surface area contributed by atoms with Crippen LogP contribution in [0.2, 0.25) is 10.3 Å². The molecule has 0 atom stereocenters. The fraction of sp³-hybridized carbons (Fsp3) is 0.231. The molecule has 0 saturated heterocycles. The van der Waals surface area contributed by atoms with Crippen molar-refractivity contribution in [1.29, 1.82) is 0 Å². The number of hydrogen-bond donors (Lipinski definition) is 1. The van der Waals surface area contributed by atoms with Crippen LogP contribution in [0.15, 0.2) is 30.3 Å². The van der Waals surface area contributed by atoms with Crippen molar-refractivity contribution in [3.63, 3.8) is 0 Å². The number of rotatable bonds is 4. The Morgan fingerprint density at radius 1 is 1.11 bits per heavy atom. The Morgan fingerprint density at radius 2 is 1.83 bits per heavy atom. The summed E-state index contributed by atoms with van der Waals surface area (Å²) in [7, 11) is 0. The molecule has 3 nitrogen and oxygen atoms in total. The average Bonchev–Trinajstić information content (AvgIpc) is 2.30. The minimum atomic E-state index is 0.268. The second-order valence-electron chi connectivity index (χ2n) is 3.97. The van der Waals surface area contributed by atoms with E-state index in [9.17, 15) is 0 Å². The number of nitrogens with one attached hydrogen (secondary N) is 1. The largest absolute Gasteiger partial charge is 0.370 e. The van der Waals surface area contributed by atoms with E-state index in [1.54, 1.807) is 0 Å². The highest BCUT2D eigenvalue weighted by Crippen LogP contribution is 2.12. The van der Waals surface area contributed by atoms with Crippen LogP contribution in [0.3, 0.4) is 0 Å². The monoisotopic (exact) mass is 281 g/mol. The number of aromatic nitrogens is 2. The molecule has 1 heterocycles. The van der Waals surface area contributed by atoms with E-state index in [2.05, 4.69) is 15.3 Å². The summed E-state index contributed by atoms with van der Waals surface area (Å²) in [5.74, 6) is 0.751. The summed E-state index contributed by atoms with van der Waals surface area (Å²) >= 11 is 11.6. The molecule has 0 fully saturated rings. The van der Waals surface area contributed by atoms with Gasteiger partial charge in [0.2, 0.25) is 5.28 Å². The van der Waals surface area contributed by atoms with E-state index >= 15 is 0 Å². The van der Waals surface area contributed by atoms with Gasteiger partial charge in [0.1, 0.15) is 5.82 Å². The average molecular weight is 282 g/mol. The molecule has 94 valence electrons. The predicted octanol–water partition coefficient (Wildman–Crippen LogP) is 3.75. The standard InChI is InChI=1S/C13H13Cl2N3/c1-9-8-12(18-13(15)17-9)16-7-6-10-2-4-11(14)5-3-10/h2-5,8H,6-7H2,1H3,(H,16,17,18). The van der Waals surface area contributed by atoms with Crippen molar-refractivity contribution in [3.8, 4) is 0 Å². The molecule has 0 unspecified atom stereocenters. The minimum Gasteiger partial charge on any atom is -0.370 e. The Labute approximate surface area is 116 Å². The molecule has 0 amide bonds. The maximum absolute atomic E-state index is 5.83. The SMILES string of the molecule is Cc1cc(NCCc2ccc(Cl)cc2)nc(Cl)n1. The number of halogens is 2. The lowest BCUT2D eigenvalue weighted by atomic mass is 10.1. The van der Waals surface area contributed by atoms with Crippen LogP contribution in [-0.4, -0.2) is 16.5 Å². The molecule has 0 saturated carbocycles. The van der Waals surface area contributed by atoms with Gasteiger partial charge in [0.25, 0.3) is 0 Å². The third-order valence-electron chi connectivity index (χ3n) is 2.46. The summed E-state index contributed by atoms with van der Waals surface area (Å²) in [6.07, 6.45) is 0.901.